The molecule has 0 rings (SSSR count). The van der Waals surface area contributed by atoms with Gasteiger partial charge in [-0.1, -0.05) is 0 Å². The van der Waals surface area contributed by atoms with Gasteiger partial charge in [-0.15, -0.1) is 0 Å². The minimum atomic E-state index is -0.572. The van der Waals surface area contributed by atoms with Gasteiger partial charge in [-0.05, 0) is 32.9 Å². The highest BCUT2D eigenvalue weighted by Gasteiger charge is 2.14. The van der Waals surface area contributed by atoms with Crippen molar-refractivity contribution in [1.29, 1.82) is 0 Å². The van der Waals surface area contributed by atoms with Crippen molar-refractivity contribution in [2.75, 3.05) is 19.0 Å². The second kappa shape index (κ2) is 7.09. The molecule has 0 saturated carbocycles. The summed E-state index contributed by atoms with van der Waals surface area (Å²) in [6, 6.07) is -0.572. The van der Waals surface area contributed by atoms with E-state index in [0.29, 0.717) is 18.8 Å². The van der Waals surface area contributed by atoms with E-state index < -0.39 is 6.04 Å². The summed E-state index contributed by atoms with van der Waals surface area (Å²) in [4.78, 5) is 11.2. The average Bonchev–Trinajstić information content (AvgIpc) is 2.11. The molecule has 0 fully saturated rings. The fourth-order valence-corrected chi connectivity index (χ4v) is 1.13. The molecule has 0 aromatic heterocycles. The van der Waals surface area contributed by atoms with E-state index in [2.05, 4.69) is 12.6 Å². The van der Waals surface area contributed by atoms with E-state index in [-0.39, 0.29) is 18.2 Å². The molecule has 4 nitrogen and oxygen atoms in total. The standard InChI is InChI=1S/C10H21NO3S/c1-10(2,3)14-6-5-13-9(12)8(11)4-7-15/h8,15H,4-7,11H2,1-3H3. The van der Waals surface area contributed by atoms with Gasteiger partial charge < -0.3 is 15.2 Å². The van der Waals surface area contributed by atoms with Gasteiger partial charge in [0.05, 0.1) is 12.2 Å². The number of thiol groups is 1. The van der Waals surface area contributed by atoms with E-state index in [9.17, 15) is 4.79 Å². The van der Waals surface area contributed by atoms with Crippen molar-refractivity contribution in [2.45, 2.75) is 38.8 Å². The number of esters is 1. The first-order valence-electron chi connectivity index (χ1n) is 5.04. The third-order valence-electron chi connectivity index (χ3n) is 1.61. The number of hydrogen-bond acceptors (Lipinski definition) is 5. The van der Waals surface area contributed by atoms with Crippen LogP contribution in [0, 0.1) is 0 Å². The Hall–Kier alpha value is -0.260. The van der Waals surface area contributed by atoms with Crippen LogP contribution in [-0.4, -0.2) is 36.6 Å². The van der Waals surface area contributed by atoms with Crippen molar-refractivity contribution < 1.29 is 14.3 Å². The van der Waals surface area contributed by atoms with Crippen LogP contribution in [0.25, 0.3) is 0 Å². The third kappa shape index (κ3) is 8.72. The Labute approximate surface area is 96.9 Å². The predicted octanol–water partition coefficient (Wildman–Crippen LogP) is 0.992. The largest absolute Gasteiger partial charge is 0.462 e. The first-order valence-corrected chi connectivity index (χ1v) is 5.67. The zero-order valence-corrected chi connectivity index (χ0v) is 10.5. The molecule has 0 amide bonds. The van der Waals surface area contributed by atoms with E-state index in [1.165, 1.54) is 0 Å². The first kappa shape index (κ1) is 14.7. The zero-order chi connectivity index (χ0) is 11.9. The minimum Gasteiger partial charge on any atom is -0.462 e. The van der Waals surface area contributed by atoms with E-state index >= 15 is 0 Å². The molecule has 0 aromatic carbocycles. The summed E-state index contributed by atoms with van der Waals surface area (Å²) in [6.07, 6.45) is 0.530. The van der Waals surface area contributed by atoms with Crippen LogP contribution in [0.3, 0.4) is 0 Å². The lowest BCUT2D eigenvalue weighted by molar-refractivity contribution is -0.148. The summed E-state index contributed by atoms with van der Waals surface area (Å²) in [7, 11) is 0. The van der Waals surface area contributed by atoms with Gasteiger partial charge in [0.15, 0.2) is 0 Å². The Morgan fingerprint density at radius 3 is 2.47 bits per heavy atom. The molecule has 0 heterocycles. The van der Waals surface area contributed by atoms with Gasteiger partial charge in [0.1, 0.15) is 12.6 Å². The lowest BCUT2D eigenvalue weighted by Crippen LogP contribution is -2.33. The zero-order valence-electron chi connectivity index (χ0n) is 9.66. The molecule has 0 spiro atoms. The number of nitrogens with two attached hydrogens (primary N) is 1. The van der Waals surface area contributed by atoms with Crippen molar-refractivity contribution in [2.24, 2.45) is 5.73 Å². The number of rotatable bonds is 6. The van der Waals surface area contributed by atoms with Crippen LogP contribution in [0.5, 0.6) is 0 Å². The van der Waals surface area contributed by atoms with Gasteiger partial charge in [-0.2, -0.15) is 12.6 Å². The summed E-state index contributed by atoms with van der Waals surface area (Å²) in [5.74, 6) is 0.191. The van der Waals surface area contributed by atoms with Crippen molar-refractivity contribution in [3.8, 4) is 0 Å². The van der Waals surface area contributed by atoms with Crippen LogP contribution in [-0.2, 0) is 14.3 Å². The number of carbonyl (C=O) groups excluding carboxylic acids is 1. The molecule has 0 radical (unpaired) electrons. The van der Waals surface area contributed by atoms with E-state index in [1.807, 2.05) is 20.8 Å². The molecule has 5 heteroatoms. The lowest BCUT2D eigenvalue weighted by atomic mass is 10.2. The summed E-state index contributed by atoms with van der Waals surface area (Å²) in [5, 5.41) is 0. The summed E-state index contributed by atoms with van der Waals surface area (Å²) in [6.45, 7) is 6.48. The van der Waals surface area contributed by atoms with Gasteiger partial charge in [-0.3, -0.25) is 4.79 Å². The second-order valence-electron chi connectivity index (χ2n) is 4.25. The molecule has 0 aromatic rings. The monoisotopic (exact) mass is 235 g/mol. The average molecular weight is 235 g/mol. The Balaban J connectivity index is 3.55. The van der Waals surface area contributed by atoms with E-state index in [0.717, 1.165) is 0 Å². The Morgan fingerprint density at radius 2 is 2.00 bits per heavy atom. The number of hydrogen-bond donors (Lipinski definition) is 2. The van der Waals surface area contributed by atoms with Crippen molar-refractivity contribution in [1.82, 2.24) is 0 Å². The summed E-state index contributed by atoms with van der Waals surface area (Å²) < 4.78 is 10.3. The topological polar surface area (TPSA) is 61.5 Å². The van der Waals surface area contributed by atoms with Crippen molar-refractivity contribution in [3.05, 3.63) is 0 Å². The molecular weight excluding hydrogens is 214 g/mol. The molecule has 1 atom stereocenters. The van der Waals surface area contributed by atoms with Gasteiger partial charge in [0.25, 0.3) is 0 Å². The van der Waals surface area contributed by atoms with Crippen LogP contribution in [0.15, 0.2) is 0 Å². The number of ether oxygens (including phenoxy) is 2. The predicted molar refractivity (Wildman–Crippen MR) is 63.1 cm³/mol. The van der Waals surface area contributed by atoms with Crippen LogP contribution < -0.4 is 5.73 Å². The van der Waals surface area contributed by atoms with Gasteiger partial charge >= 0.3 is 5.97 Å². The highest BCUT2D eigenvalue weighted by molar-refractivity contribution is 7.80. The second-order valence-corrected chi connectivity index (χ2v) is 4.69. The fraction of sp³-hybridized carbons (Fsp3) is 0.900. The molecule has 0 aliphatic heterocycles. The van der Waals surface area contributed by atoms with Crippen LogP contribution >= 0.6 is 12.6 Å². The van der Waals surface area contributed by atoms with E-state index in [1.54, 1.807) is 0 Å². The molecule has 0 aliphatic carbocycles. The molecule has 0 saturated heterocycles. The minimum absolute atomic E-state index is 0.209. The fourth-order valence-electron chi connectivity index (χ4n) is 0.854. The van der Waals surface area contributed by atoms with Gasteiger partial charge in [0, 0.05) is 0 Å². The Kier molecular flexibility index (Phi) is 6.96. The quantitative estimate of drug-likeness (QED) is 0.409. The normalized spacial score (nSPS) is 13.7. The Morgan fingerprint density at radius 1 is 1.40 bits per heavy atom. The highest BCUT2D eigenvalue weighted by atomic mass is 32.1. The maximum atomic E-state index is 11.2. The summed E-state index contributed by atoms with van der Waals surface area (Å²) in [5.41, 5.74) is 5.32. The molecule has 90 valence electrons. The first-order chi connectivity index (χ1) is 6.87. The molecular formula is C10H21NO3S. The third-order valence-corrected chi connectivity index (χ3v) is 1.86. The maximum Gasteiger partial charge on any atom is 0.323 e. The van der Waals surface area contributed by atoms with E-state index in [4.69, 9.17) is 15.2 Å². The number of carbonyl (C=O) groups is 1. The van der Waals surface area contributed by atoms with Gasteiger partial charge in [0.2, 0.25) is 0 Å². The highest BCUT2D eigenvalue weighted by Crippen LogP contribution is 2.05. The smallest absolute Gasteiger partial charge is 0.323 e. The van der Waals surface area contributed by atoms with Crippen molar-refractivity contribution >= 4 is 18.6 Å². The van der Waals surface area contributed by atoms with Crippen molar-refractivity contribution in [3.63, 3.8) is 0 Å². The SMILES string of the molecule is CC(C)(C)OCCOC(=O)C(N)CCS. The maximum absolute atomic E-state index is 11.2. The van der Waals surface area contributed by atoms with Crippen LogP contribution in [0.2, 0.25) is 0 Å². The summed E-state index contributed by atoms with van der Waals surface area (Å²) >= 11 is 3.99. The molecule has 0 aliphatic rings. The molecule has 0 bridgehead atoms. The lowest BCUT2D eigenvalue weighted by Gasteiger charge is -2.19. The van der Waals surface area contributed by atoms with Crippen LogP contribution in [0.4, 0.5) is 0 Å². The molecule has 1 unspecified atom stereocenters. The molecule has 2 N–H and O–H groups in total. The van der Waals surface area contributed by atoms with Crippen LogP contribution in [0.1, 0.15) is 27.2 Å². The van der Waals surface area contributed by atoms with Gasteiger partial charge in [-0.25, -0.2) is 0 Å². The molecule has 15 heavy (non-hydrogen) atoms. The Bertz CT molecular complexity index is 192.